The molecule has 1 aromatic heterocycles. The van der Waals surface area contributed by atoms with Crippen LogP contribution in [-0.2, 0) is 0 Å². The zero-order chi connectivity index (χ0) is 40.2. The van der Waals surface area contributed by atoms with E-state index in [1.54, 1.807) is 0 Å². The predicted molar refractivity (Wildman–Crippen MR) is 229 cm³/mol. The highest BCUT2D eigenvalue weighted by atomic mass is 15.1. The van der Waals surface area contributed by atoms with Crippen molar-refractivity contribution >= 4 is 49.6 Å². The first-order valence-electron chi connectivity index (χ1n) is 20.6. The van der Waals surface area contributed by atoms with E-state index in [2.05, 4.69) is 150 Å². The first-order valence-corrected chi connectivity index (χ1v) is 18.1. The Bertz CT molecular complexity index is 3200. The van der Waals surface area contributed by atoms with E-state index in [9.17, 15) is 0 Å². The van der Waals surface area contributed by atoms with E-state index in [1.807, 2.05) is 47.0 Å². The van der Waals surface area contributed by atoms with E-state index >= 15 is 0 Å². The number of nitrogens with zero attached hydrogens (tertiary/aromatic N) is 2. The molecule has 0 amide bonds. The Morgan fingerprint density at radius 2 is 1.02 bits per heavy atom. The predicted octanol–water partition coefficient (Wildman–Crippen LogP) is 14.4. The Labute approximate surface area is 322 Å². The van der Waals surface area contributed by atoms with Crippen LogP contribution in [0, 0.1) is 0 Å². The normalized spacial score (nSPS) is 12.6. The van der Waals surface area contributed by atoms with Gasteiger partial charge in [0.1, 0.15) is 0 Å². The molecule has 2 heteroatoms. The highest BCUT2D eigenvalue weighted by molar-refractivity contribution is 6.17. The van der Waals surface area contributed by atoms with E-state index < -0.39 is 6.04 Å². The highest BCUT2D eigenvalue weighted by Crippen LogP contribution is 2.47. The molecule has 0 N–H and O–H groups in total. The van der Waals surface area contributed by atoms with Crippen molar-refractivity contribution in [1.82, 2.24) is 4.57 Å². The van der Waals surface area contributed by atoms with Gasteiger partial charge in [-0.25, -0.2) is 0 Å². The van der Waals surface area contributed by atoms with Gasteiger partial charge >= 0.3 is 0 Å². The van der Waals surface area contributed by atoms with Crippen LogP contribution in [0.25, 0.3) is 71.6 Å². The van der Waals surface area contributed by atoms with Crippen molar-refractivity contribution in [2.45, 2.75) is 0 Å². The SMILES string of the molecule is [2H]c1c([2H])c([2H])c(-n2c3ccccc3c3c(-c4ccccc4N(c4ccc(-c5ccc6ccccc6c5)cc4)c4ccccc4-c4ccccc4)cccc32)c([2H])c1[2H]. The number of aromatic nitrogens is 1. The Hall–Kier alpha value is -7.16. The third-order valence-corrected chi connectivity index (χ3v) is 10.3. The van der Waals surface area contributed by atoms with E-state index in [0.717, 1.165) is 72.2 Å². The molecule has 0 aliphatic rings. The summed E-state index contributed by atoms with van der Waals surface area (Å²) in [5.74, 6) is 0. The summed E-state index contributed by atoms with van der Waals surface area (Å²) < 4.78 is 45.1. The molecule has 0 unspecified atom stereocenters. The fourth-order valence-corrected chi connectivity index (χ4v) is 7.85. The molecule has 0 spiro atoms. The molecule has 0 aliphatic carbocycles. The van der Waals surface area contributed by atoms with Gasteiger partial charge in [-0.05, 0) is 87.6 Å². The maximum Gasteiger partial charge on any atom is 0.0645 e. The van der Waals surface area contributed by atoms with Gasteiger partial charge in [-0.3, -0.25) is 0 Å². The molecular formula is C52H36N2. The van der Waals surface area contributed by atoms with Gasteiger partial charge < -0.3 is 9.47 Å². The minimum atomic E-state index is -0.416. The lowest BCUT2D eigenvalue weighted by atomic mass is 9.95. The average Bonchev–Trinajstić information content (AvgIpc) is 3.63. The monoisotopic (exact) mass is 693 g/mol. The maximum atomic E-state index is 8.96. The van der Waals surface area contributed by atoms with Crippen LogP contribution in [0.5, 0.6) is 0 Å². The fourth-order valence-electron chi connectivity index (χ4n) is 7.85. The van der Waals surface area contributed by atoms with Crippen molar-refractivity contribution < 1.29 is 6.85 Å². The molecule has 0 saturated carbocycles. The van der Waals surface area contributed by atoms with Crippen LogP contribution in [0.2, 0.25) is 0 Å². The van der Waals surface area contributed by atoms with Crippen LogP contribution in [0.1, 0.15) is 6.85 Å². The topological polar surface area (TPSA) is 8.17 Å². The summed E-state index contributed by atoms with van der Waals surface area (Å²) in [4.78, 5) is 2.33. The summed E-state index contributed by atoms with van der Waals surface area (Å²) in [6.45, 7) is 0. The summed E-state index contributed by atoms with van der Waals surface area (Å²) in [7, 11) is 0. The molecule has 54 heavy (non-hydrogen) atoms. The molecule has 2 nitrogen and oxygen atoms in total. The molecule has 0 fully saturated rings. The standard InChI is InChI=1S/C52H36N2/c1-3-17-39(18-4-1)44-22-9-12-26-48(44)53(43-34-32-38(33-35-43)41-31-30-37-16-7-8-19-40(37)36-41)49-27-13-10-23-45(49)46-25-15-29-51-52(46)47-24-11-14-28-50(47)54(51)42-20-5-2-6-21-42/h1-36H/i2D,5D,6D,20D,21D. The van der Waals surface area contributed by atoms with Crippen molar-refractivity contribution in [3.63, 3.8) is 0 Å². The van der Waals surface area contributed by atoms with Crippen molar-refractivity contribution in [3.8, 4) is 39.1 Å². The fraction of sp³-hybridized carbons (Fsp3) is 0. The number of benzene rings is 9. The number of anilines is 3. The lowest BCUT2D eigenvalue weighted by Gasteiger charge is -2.30. The number of para-hydroxylation sites is 4. The van der Waals surface area contributed by atoms with Gasteiger partial charge in [0.05, 0.1) is 29.3 Å². The molecular weight excluding hydrogens is 653 g/mol. The van der Waals surface area contributed by atoms with Crippen molar-refractivity contribution in [2.75, 3.05) is 4.90 Å². The van der Waals surface area contributed by atoms with Crippen molar-refractivity contribution in [2.24, 2.45) is 0 Å². The summed E-state index contributed by atoms with van der Waals surface area (Å²) in [5.41, 5.74) is 11.0. The molecule has 0 saturated heterocycles. The van der Waals surface area contributed by atoms with Crippen LogP contribution in [-0.4, -0.2) is 4.57 Å². The Kier molecular flexibility index (Phi) is 6.61. The van der Waals surface area contributed by atoms with Crippen LogP contribution in [0.4, 0.5) is 17.1 Å². The second kappa shape index (κ2) is 13.4. The largest absolute Gasteiger partial charge is 0.309 e. The second-order valence-electron chi connectivity index (χ2n) is 13.4. The number of rotatable bonds is 7. The molecule has 10 aromatic rings. The Morgan fingerprint density at radius 1 is 0.407 bits per heavy atom. The van der Waals surface area contributed by atoms with Crippen LogP contribution < -0.4 is 4.90 Å². The first kappa shape index (κ1) is 26.6. The summed E-state index contributed by atoms with van der Waals surface area (Å²) in [6, 6.07) is 63.4. The van der Waals surface area contributed by atoms with Crippen LogP contribution in [0.3, 0.4) is 0 Å². The quantitative estimate of drug-likeness (QED) is 0.161. The molecule has 0 bridgehead atoms. The number of hydrogen-bond acceptors (Lipinski definition) is 1. The first-order chi connectivity index (χ1) is 28.9. The van der Waals surface area contributed by atoms with Gasteiger partial charge in [-0.15, -0.1) is 0 Å². The van der Waals surface area contributed by atoms with E-state index in [0.29, 0.717) is 0 Å². The molecule has 254 valence electrons. The van der Waals surface area contributed by atoms with Crippen LogP contribution in [0.15, 0.2) is 218 Å². The highest BCUT2D eigenvalue weighted by Gasteiger charge is 2.23. The Balaban J connectivity index is 1.21. The summed E-state index contributed by atoms with van der Waals surface area (Å²) >= 11 is 0. The third kappa shape index (κ3) is 5.44. The zero-order valence-corrected chi connectivity index (χ0v) is 29.3. The minimum absolute atomic E-state index is 0.123. The summed E-state index contributed by atoms with van der Waals surface area (Å²) in [5, 5.41) is 4.24. The minimum Gasteiger partial charge on any atom is -0.309 e. The summed E-state index contributed by atoms with van der Waals surface area (Å²) in [6.07, 6.45) is 0. The van der Waals surface area contributed by atoms with E-state index in [1.165, 1.54) is 10.8 Å². The maximum absolute atomic E-state index is 8.96. The van der Waals surface area contributed by atoms with Crippen molar-refractivity contribution in [3.05, 3.63) is 218 Å². The molecule has 0 radical (unpaired) electrons. The lowest BCUT2D eigenvalue weighted by molar-refractivity contribution is 1.18. The average molecular weight is 694 g/mol. The van der Waals surface area contributed by atoms with E-state index in [4.69, 9.17) is 6.85 Å². The van der Waals surface area contributed by atoms with Gasteiger partial charge in [-0.2, -0.15) is 0 Å². The molecule has 0 atom stereocenters. The van der Waals surface area contributed by atoms with E-state index in [-0.39, 0.29) is 29.9 Å². The van der Waals surface area contributed by atoms with Gasteiger partial charge in [0, 0.05) is 33.3 Å². The molecule has 9 aromatic carbocycles. The Morgan fingerprint density at radius 3 is 1.83 bits per heavy atom. The smallest absolute Gasteiger partial charge is 0.0645 e. The van der Waals surface area contributed by atoms with Crippen molar-refractivity contribution in [1.29, 1.82) is 0 Å². The zero-order valence-electron chi connectivity index (χ0n) is 34.3. The lowest BCUT2D eigenvalue weighted by Crippen LogP contribution is -2.12. The van der Waals surface area contributed by atoms with Crippen LogP contribution >= 0.6 is 0 Å². The van der Waals surface area contributed by atoms with Gasteiger partial charge in [-0.1, -0.05) is 164 Å². The number of hydrogen-bond donors (Lipinski definition) is 0. The molecule has 0 aliphatic heterocycles. The third-order valence-electron chi connectivity index (χ3n) is 10.3. The van der Waals surface area contributed by atoms with Gasteiger partial charge in [0.25, 0.3) is 0 Å². The number of fused-ring (bicyclic) bond motifs is 4. The molecule has 10 rings (SSSR count). The van der Waals surface area contributed by atoms with Gasteiger partial charge in [0.2, 0.25) is 0 Å². The second-order valence-corrected chi connectivity index (χ2v) is 13.4. The van der Waals surface area contributed by atoms with Gasteiger partial charge in [0.15, 0.2) is 0 Å². The molecule has 1 heterocycles.